The zero-order valence-electron chi connectivity index (χ0n) is 11.0. The number of aromatic nitrogens is 1. The summed E-state index contributed by atoms with van der Waals surface area (Å²) in [6.45, 7) is 5.19. The Morgan fingerprint density at radius 1 is 1.50 bits per heavy atom. The first-order valence-corrected chi connectivity index (χ1v) is 7.32. The molecule has 0 aromatic carbocycles. The van der Waals surface area contributed by atoms with Crippen LogP contribution in [0.25, 0.3) is 0 Å². The minimum Gasteiger partial charge on any atom is -0.469 e. The summed E-state index contributed by atoms with van der Waals surface area (Å²) in [4.78, 5) is 4.53. The molecule has 0 aliphatic rings. The van der Waals surface area contributed by atoms with Crippen molar-refractivity contribution in [2.45, 2.75) is 39.2 Å². The summed E-state index contributed by atoms with van der Waals surface area (Å²) in [5.41, 5.74) is 1.20. The zero-order chi connectivity index (χ0) is 12.8. The third-order valence-corrected chi connectivity index (χ3v) is 3.76. The summed E-state index contributed by atoms with van der Waals surface area (Å²) in [5.74, 6) is 1.06. The molecule has 0 aliphatic heterocycles. The topological polar surface area (TPSA) is 38.1 Å². The van der Waals surface area contributed by atoms with Crippen LogP contribution in [0.3, 0.4) is 0 Å². The molecule has 0 saturated heterocycles. The first-order valence-electron chi connectivity index (χ1n) is 6.44. The summed E-state index contributed by atoms with van der Waals surface area (Å²) >= 11 is 1.72. The summed E-state index contributed by atoms with van der Waals surface area (Å²) in [6, 6.07) is 4.46. The van der Waals surface area contributed by atoms with Crippen LogP contribution in [0.1, 0.15) is 29.8 Å². The summed E-state index contributed by atoms with van der Waals surface area (Å²) in [6.07, 6.45) is 4.80. The second-order valence-corrected chi connectivity index (χ2v) is 5.50. The minimum atomic E-state index is 0.474. The van der Waals surface area contributed by atoms with Crippen LogP contribution in [-0.2, 0) is 12.8 Å². The van der Waals surface area contributed by atoms with Gasteiger partial charge in [0.2, 0.25) is 0 Å². The Labute approximate surface area is 112 Å². The van der Waals surface area contributed by atoms with Crippen molar-refractivity contribution in [2.24, 2.45) is 0 Å². The quantitative estimate of drug-likeness (QED) is 0.834. The van der Waals surface area contributed by atoms with Crippen LogP contribution in [0.4, 0.5) is 0 Å². The van der Waals surface area contributed by atoms with Crippen molar-refractivity contribution in [3.8, 4) is 0 Å². The molecule has 0 spiro atoms. The largest absolute Gasteiger partial charge is 0.469 e. The lowest BCUT2D eigenvalue weighted by Crippen LogP contribution is -2.31. The van der Waals surface area contributed by atoms with Gasteiger partial charge in [-0.1, -0.05) is 6.92 Å². The molecule has 2 heterocycles. The maximum Gasteiger partial charge on any atom is 0.103 e. The van der Waals surface area contributed by atoms with Gasteiger partial charge in [0.15, 0.2) is 0 Å². The van der Waals surface area contributed by atoms with E-state index >= 15 is 0 Å². The molecule has 1 unspecified atom stereocenters. The van der Waals surface area contributed by atoms with Crippen molar-refractivity contribution in [2.75, 3.05) is 6.54 Å². The number of hydrogen-bond acceptors (Lipinski definition) is 4. The monoisotopic (exact) mass is 264 g/mol. The number of nitrogens with one attached hydrogen (secondary N) is 1. The minimum absolute atomic E-state index is 0.474. The van der Waals surface area contributed by atoms with Crippen LogP contribution in [0.2, 0.25) is 0 Å². The molecule has 1 atom stereocenters. The maximum absolute atomic E-state index is 5.38. The van der Waals surface area contributed by atoms with Gasteiger partial charge in [-0.3, -0.25) is 0 Å². The number of furan rings is 1. The average molecular weight is 264 g/mol. The highest BCUT2D eigenvalue weighted by Gasteiger charge is 2.11. The first-order chi connectivity index (χ1) is 8.78. The molecular formula is C14H20N2OS. The molecule has 0 aliphatic carbocycles. The summed E-state index contributed by atoms with van der Waals surface area (Å²) in [5, 5.41) is 6.83. The molecule has 0 amide bonds. The molecular weight excluding hydrogens is 244 g/mol. The Balaban J connectivity index is 1.87. The lowest BCUT2D eigenvalue weighted by Gasteiger charge is -2.16. The van der Waals surface area contributed by atoms with Gasteiger partial charge in [0.1, 0.15) is 5.76 Å². The van der Waals surface area contributed by atoms with Crippen LogP contribution < -0.4 is 5.32 Å². The van der Waals surface area contributed by atoms with Gasteiger partial charge >= 0.3 is 0 Å². The highest BCUT2D eigenvalue weighted by molar-refractivity contribution is 7.09. The third-order valence-electron chi connectivity index (χ3n) is 2.93. The number of thiazole rings is 1. The highest BCUT2D eigenvalue weighted by Crippen LogP contribution is 2.13. The second-order valence-electron chi connectivity index (χ2n) is 4.43. The Kier molecular flexibility index (Phi) is 4.96. The number of aryl methyl sites for hydroxylation is 2. The number of rotatable bonds is 7. The Hall–Kier alpha value is -1.13. The SMILES string of the molecule is CCNC(CCc1ccco1)Cc1csc(C)n1. The van der Waals surface area contributed by atoms with Crippen molar-refractivity contribution in [1.82, 2.24) is 10.3 Å². The van der Waals surface area contributed by atoms with Crippen LogP contribution in [0, 0.1) is 6.92 Å². The molecule has 4 heteroatoms. The van der Waals surface area contributed by atoms with Crippen molar-refractivity contribution in [1.29, 1.82) is 0 Å². The number of likely N-dealkylation sites (N-methyl/N-ethyl adjacent to an activating group) is 1. The van der Waals surface area contributed by atoms with Crippen LogP contribution >= 0.6 is 11.3 Å². The van der Waals surface area contributed by atoms with E-state index in [0.29, 0.717) is 6.04 Å². The Morgan fingerprint density at radius 3 is 3.00 bits per heavy atom. The van der Waals surface area contributed by atoms with Gasteiger partial charge in [-0.2, -0.15) is 0 Å². The van der Waals surface area contributed by atoms with Gasteiger partial charge < -0.3 is 9.73 Å². The fraction of sp³-hybridized carbons (Fsp3) is 0.500. The molecule has 1 N–H and O–H groups in total. The van der Waals surface area contributed by atoms with E-state index in [0.717, 1.165) is 36.6 Å². The van der Waals surface area contributed by atoms with Crippen molar-refractivity contribution in [3.05, 3.63) is 40.2 Å². The molecule has 2 aromatic heterocycles. The predicted octanol–water partition coefficient (Wildman–Crippen LogP) is 3.20. The van der Waals surface area contributed by atoms with Crippen molar-refractivity contribution < 1.29 is 4.42 Å². The first kappa shape index (κ1) is 13.3. The second kappa shape index (κ2) is 6.71. The smallest absolute Gasteiger partial charge is 0.103 e. The van der Waals surface area contributed by atoms with Crippen molar-refractivity contribution >= 4 is 11.3 Å². The predicted molar refractivity (Wildman–Crippen MR) is 75.0 cm³/mol. The molecule has 18 heavy (non-hydrogen) atoms. The molecule has 2 aromatic rings. The van der Waals surface area contributed by atoms with Gasteiger partial charge in [-0.05, 0) is 32.0 Å². The van der Waals surface area contributed by atoms with Gasteiger partial charge in [-0.15, -0.1) is 11.3 Å². The third kappa shape index (κ3) is 3.96. The Bertz CT molecular complexity index is 450. The number of nitrogens with zero attached hydrogens (tertiary/aromatic N) is 1. The van der Waals surface area contributed by atoms with E-state index in [1.807, 2.05) is 12.1 Å². The van der Waals surface area contributed by atoms with Crippen molar-refractivity contribution in [3.63, 3.8) is 0 Å². The molecule has 0 radical (unpaired) electrons. The van der Waals surface area contributed by atoms with E-state index < -0.39 is 0 Å². The number of hydrogen-bond donors (Lipinski definition) is 1. The maximum atomic E-state index is 5.38. The molecule has 0 bridgehead atoms. The van der Waals surface area contributed by atoms with Gasteiger partial charge in [0, 0.05) is 24.3 Å². The molecule has 3 nitrogen and oxygen atoms in total. The van der Waals surface area contributed by atoms with E-state index in [1.54, 1.807) is 17.6 Å². The fourth-order valence-corrected chi connectivity index (χ4v) is 2.72. The normalized spacial score (nSPS) is 12.8. The lowest BCUT2D eigenvalue weighted by atomic mass is 10.1. The molecule has 2 rings (SSSR count). The van der Waals surface area contributed by atoms with Crippen LogP contribution in [-0.4, -0.2) is 17.6 Å². The highest BCUT2D eigenvalue weighted by atomic mass is 32.1. The van der Waals surface area contributed by atoms with E-state index in [4.69, 9.17) is 4.42 Å². The zero-order valence-corrected chi connectivity index (χ0v) is 11.8. The fourth-order valence-electron chi connectivity index (χ4n) is 2.09. The van der Waals surface area contributed by atoms with E-state index in [1.165, 1.54) is 5.69 Å². The standard InChI is InChI=1S/C14H20N2OS/c1-3-15-12(6-7-14-5-4-8-17-14)9-13-10-18-11(2)16-13/h4-5,8,10,12,15H,3,6-7,9H2,1-2H3. The van der Waals surface area contributed by atoms with E-state index in [-0.39, 0.29) is 0 Å². The average Bonchev–Trinajstić information content (AvgIpc) is 2.98. The van der Waals surface area contributed by atoms with Crippen LogP contribution in [0.5, 0.6) is 0 Å². The van der Waals surface area contributed by atoms with E-state index in [9.17, 15) is 0 Å². The molecule has 0 saturated carbocycles. The molecule has 98 valence electrons. The molecule has 0 fully saturated rings. The van der Waals surface area contributed by atoms with Gasteiger partial charge in [0.25, 0.3) is 0 Å². The summed E-state index contributed by atoms with van der Waals surface area (Å²) < 4.78 is 5.38. The Morgan fingerprint density at radius 2 is 2.39 bits per heavy atom. The summed E-state index contributed by atoms with van der Waals surface area (Å²) in [7, 11) is 0. The van der Waals surface area contributed by atoms with E-state index in [2.05, 4.69) is 29.5 Å². The van der Waals surface area contributed by atoms with Gasteiger partial charge in [0.05, 0.1) is 17.0 Å². The van der Waals surface area contributed by atoms with Crippen LogP contribution in [0.15, 0.2) is 28.2 Å². The lowest BCUT2D eigenvalue weighted by molar-refractivity contribution is 0.446. The van der Waals surface area contributed by atoms with Gasteiger partial charge in [-0.25, -0.2) is 4.98 Å².